The Bertz CT molecular complexity index is 878. The van der Waals surface area contributed by atoms with E-state index >= 15 is 0 Å². The molecule has 0 bridgehead atoms. The second-order valence-electron chi connectivity index (χ2n) is 5.83. The fraction of sp³-hybridized carbons (Fsp3) is 0.136. The molecule has 0 atom stereocenters. The van der Waals surface area contributed by atoms with Crippen molar-refractivity contribution in [3.63, 3.8) is 0 Å². The van der Waals surface area contributed by atoms with Gasteiger partial charge in [-0.1, -0.05) is 55.6 Å². The number of hydrogen-bond donors (Lipinski definition) is 0. The zero-order chi connectivity index (χ0) is 18.0. The third-order valence-corrected chi connectivity index (χ3v) is 4.32. The molecule has 2 aromatic carbocycles. The number of benzene rings is 2. The van der Waals surface area contributed by atoms with E-state index in [0.717, 1.165) is 22.5 Å². The summed E-state index contributed by atoms with van der Waals surface area (Å²) < 4.78 is 5.59. The van der Waals surface area contributed by atoms with Gasteiger partial charge in [0.05, 0.1) is 17.9 Å². The molecule has 1 aliphatic carbocycles. The number of rotatable bonds is 5. The Morgan fingerprint density at radius 1 is 1.04 bits per heavy atom. The minimum absolute atomic E-state index is 0.144. The maximum absolute atomic E-state index is 13.0. The summed E-state index contributed by atoms with van der Waals surface area (Å²) in [6.45, 7) is 10.3. The van der Waals surface area contributed by atoms with Crippen LogP contribution in [-0.4, -0.2) is 19.4 Å². The maximum Gasteiger partial charge on any atom is 0.198 e. The highest BCUT2D eigenvalue weighted by molar-refractivity contribution is 6.35. The van der Waals surface area contributed by atoms with E-state index in [1.165, 1.54) is 0 Å². The van der Waals surface area contributed by atoms with Crippen LogP contribution in [0.15, 0.2) is 79.1 Å². The molecule has 0 saturated heterocycles. The van der Waals surface area contributed by atoms with Crippen molar-refractivity contribution in [2.45, 2.75) is 6.92 Å². The number of anilines is 1. The first-order chi connectivity index (χ1) is 12.1. The quantitative estimate of drug-likeness (QED) is 0.588. The summed E-state index contributed by atoms with van der Waals surface area (Å²) >= 11 is 0. The molecule has 0 heterocycles. The van der Waals surface area contributed by atoms with Gasteiger partial charge >= 0.3 is 0 Å². The van der Waals surface area contributed by atoms with Crippen LogP contribution in [0.2, 0.25) is 0 Å². The number of para-hydroxylation sites is 1. The molecule has 3 heteroatoms. The van der Waals surface area contributed by atoms with Crippen molar-refractivity contribution in [2.24, 2.45) is 0 Å². The highest BCUT2D eigenvalue weighted by atomic mass is 16.5. The average molecular weight is 331 g/mol. The van der Waals surface area contributed by atoms with Crippen molar-refractivity contribution in [1.29, 1.82) is 0 Å². The zero-order valence-corrected chi connectivity index (χ0v) is 14.6. The molecule has 0 saturated carbocycles. The van der Waals surface area contributed by atoms with Crippen LogP contribution in [0.3, 0.4) is 0 Å². The third kappa shape index (κ3) is 2.89. The highest BCUT2D eigenvalue weighted by Gasteiger charge is 2.32. The summed E-state index contributed by atoms with van der Waals surface area (Å²) in [6, 6.07) is 17.7. The Kier molecular flexibility index (Phi) is 4.57. The van der Waals surface area contributed by atoms with Gasteiger partial charge < -0.3 is 9.64 Å². The van der Waals surface area contributed by atoms with E-state index < -0.39 is 0 Å². The summed E-state index contributed by atoms with van der Waals surface area (Å²) in [5, 5.41) is 0. The van der Waals surface area contributed by atoms with E-state index in [2.05, 4.69) is 13.2 Å². The van der Waals surface area contributed by atoms with Crippen LogP contribution in [-0.2, 0) is 9.53 Å². The number of carbonyl (C=O) groups is 1. The largest absolute Gasteiger partial charge is 0.494 e. The molecule has 0 aromatic heterocycles. The van der Waals surface area contributed by atoms with Crippen LogP contribution >= 0.6 is 0 Å². The van der Waals surface area contributed by atoms with Crippen molar-refractivity contribution in [3.8, 4) is 0 Å². The number of fused-ring (bicyclic) bond motifs is 1. The number of Topliss-reactive ketones (excluding diaryl/α,β-unsaturated/α-hetero) is 1. The van der Waals surface area contributed by atoms with E-state index in [1.54, 1.807) is 0 Å². The molecule has 3 rings (SSSR count). The number of hydrogen-bond acceptors (Lipinski definition) is 3. The normalized spacial score (nSPS) is 13.5. The SMILES string of the molecule is C=C(OCC)C1=C(N(C)c2ccccc2)c2ccccc2C(=C)C1=O. The lowest BCUT2D eigenvalue weighted by molar-refractivity contribution is -0.110. The summed E-state index contributed by atoms with van der Waals surface area (Å²) in [4.78, 5) is 15.0. The molecule has 0 amide bonds. The number of allylic oxidation sites excluding steroid dienone is 2. The van der Waals surface area contributed by atoms with Gasteiger partial charge in [-0.3, -0.25) is 4.79 Å². The fourth-order valence-electron chi connectivity index (χ4n) is 3.10. The Morgan fingerprint density at radius 3 is 2.28 bits per heavy atom. The van der Waals surface area contributed by atoms with Gasteiger partial charge in [0.2, 0.25) is 0 Å². The van der Waals surface area contributed by atoms with Crippen molar-refractivity contribution in [1.82, 2.24) is 0 Å². The first kappa shape index (κ1) is 16.8. The van der Waals surface area contributed by atoms with Gasteiger partial charge in [0.25, 0.3) is 0 Å². The highest BCUT2D eigenvalue weighted by Crippen LogP contribution is 2.40. The van der Waals surface area contributed by atoms with Crippen LogP contribution < -0.4 is 4.90 Å². The zero-order valence-electron chi connectivity index (χ0n) is 14.6. The summed E-state index contributed by atoms with van der Waals surface area (Å²) in [7, 11) is 1.95. The number of nitrogens with zero attached hydrogens (tertiary/aromatic N) is 1. The Balaban J connectivity index is 2.27. The van der Waals surface area contributed by atoms with E-state index in [1.807, 2.05) is 73.5 Å². The lowest BCUT2D eigenvalue weighted by atomic mass is 9.84. The minimum Gasteiger partial charge on any atom is -0.494 e. The van der Waals surface area contributed by atoms with E-state index in [-0.39, 0.29) is 5.78 Å². The van der Waals surface area contributed by atoms with Gasteiger partial charge in [-0.15, -0.1) is 0 Å². The monoisotopic (exact) mass is 331 g/mol. The molecule has 0 fully saturated rings. The van der Waals surface area contributed by atoms with Crippen LogP contribution in [0.1, 0.15) is 18.1 Å². The van der Waals surface area contributed by atoms with Crippen molar-refractivity contribution >= 4 is 22.7 Å². The summed E-state index contributed by atoms with van der Waals surface area (Å²) in [6.07, 6.45) is 0. The predicted octanol–water partition coefficient (Wildman–Crippen LogP) is 4.68. The molecular formula is C22H21NO2. The molecular weight excluding hydrogens is 310 g/mol. The van der Waals surface area contributed by atoms with Crippen LogP contribution in [0, 0.1) is 0 Å². The molecule has 2 aromatic rings. The van der Waals surface area contributed by atoms with Crippen molar-refractivity contribution in [3.05, 3.63) is 90.2 Å². The number of ether oxygens (including phenoxy) is 1. The Morgan fingerprint density at radius 2 is 1.64 bits per heavy atom. The fourth-order valence-corrected chi connectivity index (χ4v) is 3.10. The van der Waals surface area contributed by atoms with Crippen molar-refractivity contribution < 1.29 is 9.53 Å². The summed E-state index contributed by atoms with van der Waals surface area (Å²) in [5.41, 5.74) is 4.51. The van der Waals surface area contributed by atoms with Gasteiger partial charge in [0.15, 0.2) is 5.78 Å². The van der Waals surface area contributed by atoms with Gasteiger partial charge in [-0.05, 0) is 24.6 Å². The molecule has 3 nitrogen and oxygen atoms in total. The molecule has 0 aliphatic heterocycles. The smallest absolute Gasteiger partial charge is 0.198 e. The average Bonchev–Trinajstić information content (AvgIpc) is 2.64. The molecule has 0 radical (unpaired) electrons. The minimum atomic E-state index is -0.144. The first-order valence-corrected chi connectivity index (χ1v) is 8.24. The predicted molar refractivity (Wildman–Crippen MR) is 103 cm³/mol. The first-order valence-electron chi connectivity index (χ1n) is 8.24. The second-order valence-corrected chi connectivity index (χ2v) is 5.83. The standard InChI is InChI=1S/C22H21NO2/c1-5-25-16(3)20-21(23(4)17-11-7-6-8-12-17)19-14-10-9-13-18(19)15(2)22(20)24/h6-14H,2-3,5H2,1,4H3. The molecule has 0 N–H and O–H groups in total. The second kappa shape index (κ2) is 6.81. The van der Waals surface area contributed by atoms with Crippen LogP contribution in [0.5, 0.6) is 0 Å². The van der Waals surface area contributed by atoms with Gasteiger partial charge in [0.1, 0.15) is 5.76 Å². The lowest BCUT2D eigenvalue weighted by Crippen LogP contribution is -2.26. The van der Waals surface area contributed by atoms with E-state index in [9.17, 15) is 4.79 Å². The Hall–Kier alpha value is -3.07. The van der Waals surface area contributed by atoms with Crippen LogP contribution in [0.4, 0.5) is 5.69 Å². The molecule has 0 spiro atoms. The molecule has 126 valence electrons. The topological polar surface area (TPSA) is 29.5 Å². The third-order valence-electron chi connectivity index (χ3n) is 4.32. The van der Waals surface area contributed by atoms with Gasteiger partial charge in [-0.2, -0.15) is 0 Å². The lowest BCUT2D eigenvalue weighted by Gasteiger charge is -2.31. The number of carbonyl (C=O) groups excluding carboxylic acids is 1. The van der Waals surface area contributed by atoms with Crippen LogP contribution in [0.25, 0.3) is 11.3 Å². The molecule has 25 heavy (non-hydrogen) atoms. The summed E-state index contributed by atoms with van der Waals surface area (Å²) in [5.74, 6) is 0.232. The van der Waals surface area contributed by atoms with E-state index in [4.69, 9.17) is 4.74 Å². The molecule has 1 aliphatic rings. The van der Waals surface area contributed by atoms with Gasteiger partial charge in [0, 0.05) is 23.9 Å². The molecule has 0 unspecified atom stereocenters. The number of ketones is 1. The van der Waals surface area contributed by atoms with Crippen molar-refractivity contribution in [2.75, 3.05) is 18.6 Å². The van der Waals surface area contributed by atoms with E-state index in [0.29, 0.717) is 23.5 Å². The van der Waals surface area contributed by atoms with Gasteiger partial charge in [-0.25, -0.2) is 0 Å². The maximum atomic E-state index is 13.0. The Labute approximate surface area is 148 Å².